The molecule has 108 valence electrons. The average Bonchev–Trinajstić information content (AvgIpc) is 2.81. The number of benzene rings is 1. The van der Waals surface area contributed by atoms with Crippen molar-refractivity contribution in [3.8, 4) is 0 Å². The van der Waals surface area contributed by atoms with Crippen molar-refractivity contribution < 1.29 is 4.79 Å². The van der Waals surface area contributed by atoms with Gasteiger partial charge in [0.2, 0.25) is 0 Å². The molecule has 0 bridgehead atoms. The number of imidazole rings is 1. The van der Waals surface area contributed by atoms with E-state index in [0.29, 0.717) is 25.3 Å². The molecule has 1 atom stereocenters. The Morgan fingerprint density at radius 1 is 1.40 bits per heavy atom. The van der Waals surface area contributed by atoms with Crippen molar-refractivity contribution in [1.29, 1.82) is 0 Å². The highest BCUT2D eigenvalue weighted by atomic mass is 16.1. The molecule has 20 heavy (non-hydrogen) atoms. The van der Waals surface area contributed by atoms with Gasteiger partial charge in [0.15, 0.2) is 0 Å². The maximum absolute atomic E-state index is 12.1. The second-order valence-electron chi connectivity index (χ2n) is 5.36. The van der Waals surface area contributed by atoms with E-state index in [-0.39, 0.29) is 5.78 Å². The Hall–Kier alpha value is -1.68. The number of fused-ring (bicyclic) bond motifs is 1. The van der Waals surface area contributed by atoms with Crippen LogP contribution >= 0.6 is 0 Å². The van der Waals surface area contributed by atoms with Gasteiger partial charge in [-0.15, -0.1) is 0 Å². The summed E-state index contributed by atoms with van der Waals surface area (Å²) in [6.45, 7) is 5.64. The van der Waals surface area contributed by atoms with Crippen molar-refractivity contribution in [2.75, 3.05) is 6.54 Å². The molecule has 0 saturated carbocycles. The third-order valence-corrected chi connectivity index (χ3v) is 3.72. The lowest BCUT2D eigenvalue weighted by Gasteiger charge is -2.08. The Morgan fingerprint density at radius 3 is 2.85 bits per heavy atom. The summed E-state index contributed by atoms with van der Waals surface area (Å²) in [6.07, 6.45) is 1.87. The molecule has 0 fully saturated rings. The van der Waals surface area contributed by atoms with Gasteiger partial charge in [-0.25, -0.2) is 4.98 Å². The molecule has 0 aliphatic rings. The summed E-state index contributed by atoms with van der Waals surface area (Å²) in [5.41, 5.74) is 7.65. The van der Waals surface area contributed by atoms with Crippen LogP contribution in [0.25, 0.3) is 11.0 Å². The van der Waals surface area contributed by atoms with Gasteiger partial charge in [-0.3, -0.25) is 4.79 Å². The lowest BCUT2D eigenvalue weighted by Crippen LogP contribution is -2.14. The summed E-state index contributed by atoms with van der Waals surface area (Å²) in [5.74, 6) is 1.53. The highest BCUT2D eigenvalue weighted by Gasteiger charge is 2.13. The number of nitrogens with two attached hydrogens (primary N) is 1. The Kier molecular flexibility index (Phi) is 4.90. The van der Waals surface area contributed by atoms with Gasteiger partial charge < -0.3 is 10.3 Å². The third-order valence-electron chi connectivity index (χ3n) is 3.72. The normalized spacial score (nSPS) is 12.8. The van der Waals surface area contributed by atoms with Gasteiger partial charge in [-0.05, 0) is 37.9 Å². The number of aryl methyl sites for hydroxylation is 1. The molecule has 1 aromatic heterocycles. The first-order valence-electron chi connectivity index (χ1n) is 7.31. The lowest BCUT2D eigenvalue weighted by atomic mass is 10.0. The number of aromatic nitrogens is 2. The molecule has 1 aromatic carbocycles. The fourth-order valence-electron chi connectivity index (χ4n) is 2.40. The number of nitrogens with zero attached hydrogens (tertiary/aromatic N) is 2. The first-order valence-corrected chi connectivity index (χ1v) is 7.31. The lowest BCUT2D eigenvalue weighted by molar-refractivity contribution is -0.118. The van der Waals surface area contributed by atoms with E-state index in [1.165, 1.54) is 0 Å². The molecule has 2 N–H and O–H groups in total. The SMILES string of the molecule is CCn1c(CC(=O)CCC(C)CN)nc2ccccc21. The van der Waals surface area contributed by atoms with Crippen LogP contribution in [0.3, 0.4) is 0 Å². The van der Waals surface area contributed by atoms with Crippen molar-refractivity contribution in [3.05, 3.63) is 30.1 Å². The van der Waals surface area contributed by atoms with Crippen molar-refractivity contribution in [2.24, 2.45) is 11.7 Å². The van der Waals surface area contributed by atoms with Gasteiger partial charge in [-0.1, -0.05) is 19.1 Å². The van der Waals surface area contributed by atoms with Gasteiger partial charge in [0, 0.05) is 13.0 Å². The Balaban J connectivity index is 2.11. The predicted molar refractivity (Wildman–Crippen MR) is 81.6 cm³/mol. The minimum atomic E-state index is 0.246. The molecular weight excluding hydrogens is 250 g/mol. The van der Waals surface area contributed by atoms with Gasteiger partial charge >= 0.3 is 0 Å². The summed E-state index contributed by atoms with van der Waals surface area (Å²) >= 11 is 0. The van der Waals surface area contributed by atoms with Crippen LogP contribution in [0.4, 0.5) is 0 Å². The van der Waals surface area contributed by atoms with E-state index in [0.717, 1.165) is 29.8 Å². The number of hydrogen-bond acceptors (Lipinski definition) is 3. The largest absolute Gasteiger partial charge is 0.330 e. The molecule has 2 rings (SSSR count). The van der Waals surface area contributed by atoms with Crippen molar-refractivity contribution in [2.45, 2.75) is 39.7 Å². The highest BCUT2D eigenvalue weighted by molar-refractivity contribution is 5.82. The number of hydrogen-bond donors (Lipinski definition) is 1. The van der Waals surface area contributed by atoms with Gasteiger partial charge in [-0.2, -0.15) is 0 Å². The van der Waals surface area contributed by atoms with Crippen LogP contribution in [0.2, 0.25) is 0 Å². The average molecular weight is 273 g/mol. The molecule has 4 heteroatoms. The first kappa shape index (κ1) is 14.7. The molecule has 1 unspecified atom stereocenters. The van der Waals surface area contributed by atoms with E-state index < -0.39 is 0 Å². The zero-order valence-corrected chi connectivity index (χ0v) is 12.3. The molecule has 0 amide bonds. The molecular formula is C16H23N3O. The molecule has 1 heterocycles. The zero-order valence-electron chi connectivity index (χ0n) is 12.3. The van der Waals surface area contributed by atoms with Crippen LogP contribution in [0, 0.1) is 5.92 Å². The number of Topliss-reactive ketones (excluding diaryl/α,β-unsaturated/α-hetero) is 1. The highest BCUT2D eigenvalue weighted by Crippen LogP contribution is 2.17. The van der Waals surface area contributed by atoms with E-state index in [1.807, 2.05) is 18.2 Å². The van der Waals surface area contributed by atoms with E-state index >= 15 is 0 Å². The topological polar surface area (TPSA) is 60.9 Å². The van der Waals surface area contributed by atoms with Crippen molar-refractivity contribution in [3.63, 3.8) is 0 Å². The molecule has 0 spiro atoms. The first-order chi connectivity index (χ1) is 9.65. The van der Waals surface area contributed by atoms with Crippen LogP contribution in [0.15, 0.2) is 24.3 Å². The number of ketones is 1. The summed E-state index contributed by atoms with van der Waals surface area (Å²) in [5, 5.41) is 0. The number of para-hydroxylation sites is 2. The van der Waals surface area contributed by atoms with E-state index in [9.17, 15) is 4.79 Å². The Morgan fingerprint density at radius 2 is 2.15 bits per heavy atom. The van der Waals surface area contributed by atoms with Crippen LogP contribution in [0.1, 0.15) is 32.5 Å². The molecule has 0 aliphatic heterocycles. The minimum Gasteiger partial charge on any atom is -0.330 e. The number of carbonyl (C=O) groups excluding carboxylic acids is 1. The second kappa shape index (κ2) is 6.66. The molecule has 0 aliphatic carbocycles. The number of rotatable bonds is 7. The van der Waals surface area contributed by atoms with Crippen molar-refractivity contribution >= 4 is 16.8 Å². The summed E-state index contributed by atoms with van der Waals surface area (Å²) in [4.78, 5) is 16.7. The van der Waals surface area contributed by atoms with Crippen LogP contribution in [0.5, 0.6) is 0 Å². The summed E-state index contributed by atoms with van der Waals surface area (Å²) < 4.78 is 2.12. The van der Waals surface area contributed by atoms with Gasteiger partial charge in [0.25, 0.3) is 0 Å². The van der Waals surface area contributed by atoms with Crippen LogP contribution in [-0.4, -0.2) is 21.9 Å². The predicted octanol–water partition coefficient (Wildman–Crippen LogP) is 2.54. The van der Waals surface area contributed by atoms with Crippen LogP contribution in [-0.2, 0) is 17.8 Å². The molecule has 0 radical (unpaired) electrons. The standard InChI is InChI=1S/C16H23N3O/c1-3-19-15-7-5-4-6-14(15)18-16(19)10-13(20)9-8-12(2)11-17/h4-7,12H,3,8-11,17H2,1-2H3. The van der Waals surface area contributed by atoms with Gasteiger partial charge in [0.1, 0.15) is 11.6 Å². The molecule has 0 saturated heterocycles. The third kappa shape index (κ3) is 3.25. The zero-order chi connectivity index (χ0) is 14.5. The van der Waals surface area contributed by atoms with Crippen LogP contribution < -0.4 is 5.73 Å². The fourth-order valence-corrected chi connectivity index (χ4v) is 2.40. The van der Waals surface area contributed by atoms with E-state index in [4.69, 9.17) is 5.73 Å². The maximum atomic E-state index is 12.1. The summed E-state index contributed by atoms with van der Waals surface area (Å²) in [6, 6.07) is 8.02. The van der Waals surface area contributed by atoms with Gasteiger partial charge in [0.05, 0.1) is 17.5 Å². The maximum Gasteiger partial charge on any atom is 0.140 e. The van der Waals surface area contributed by atoms with E-state index in [1.54, 1.807) is 0 Å². The quantitative estimate of drug-likeness (QED) is 0.843. The summed E-state index contributed by atoms with van der Waals surface area (Å²) in [7, 11) is 0. The second-order valence-corrected chi connectivity index (χ2v) is 5.36. The smallest absolute Gasteiger partial charge is 0.140 e. The minimum absolute atomic E-state index is 0.246. The number of carbonyl (C=O) groups is 1. The fraction of sp³-hybridized carbons (Fsp3) is 0.500. The molecule has 2 aromatic rings. The monoisotopic (exact) mass is 273 g/mol. The Labute approximate surface area is 120 Å². The van der Waals surface area contributed by atoms with Crippen molar-refractivity contribution in [1.82, 2.24) is 9.55 Å². The molecule has 4 nitrogen and oxygen atoms in total. The Bertz CT molecular complexity index is 588. The van der Waals surface area contributed by atoms with E-state index in [2.05, 4.69) is 29.5 Å².